The van der Waals surface area contributed by atoms with Gasteiger partial charge in [-0.15, -0.1) is 0 Å². The van der Waals surface area contributed by atoms with Crippen LogP contribution in [0.15, 0.2) is 53.4 Å². The van der Waals surface area contributed by atoms with Crippen molar-refractivity contribution >= 4 is 21.7 Å². The number of nitrogens with one attached hydrogen (secondary N) is 1. The van der Waals surface area contributed by atoms with Gasteiger partial charge in [0.15, 0.2) is 0 Å². The first kappa shape index (κ1) is 22.4. The summed E-state index contributed by atoms with van der Waals surface area (Å²) in [5.41, 5.74) is -0.304. The van der Waals surface area contributed by atoms with Gasteiger partial charge in [-0.25, -0.2) is 17.6 Å². The number of hydrogen-bond acceptors (Lipinski definition) is 6. The number of urea groups is 1. The number of benzene rings is 2. The number of carbonyl (C=O) groups is 1. The van der Waals surface area contributed by atoms with E-state index in [0.29, 0.717) is 5.75 Å². The van der Waals surface area contributed by atoms with Crippen LogP contribution in [0.1, 0.15) is 0 Å². The number of carbonyl (C=O) groups excluding carboxylic acids is 1. The highest BCUT2D eigenvalue weighted by Gasteiger charge is 2.30. The molecule has 0 aromatic heterocycles. The van der Waals surface area contributed by atoms with Crippen molar-refractivity contribution in [3.63, 3.8) is 0 Å². The number of nitro benzene ring substituents is 1. The fourth-order valence-electron chi connectivity index (χ4n) is 3.01. The number of nitro groups is 1. The average Bonchev–Trinajstić information content (AvgIpc) is 2.78. The highest BCUT2D eigenvalue weighted by molar-refractivity contribution is 7.89. The molecule has 1 saturated heterocycles. The molecule has 1 aliphatic heterocycles. The number of sulfonamides is 1. The van der Waals surface area contributed by atoms with Crippen molar-refractivity contribution in [2.24, 2.45) is 0 Å². The Bertz CT molecular complexity index is 1040. The first-order chi connectivity index (χ1) is 14.8. The number of hydrogen-bond donors (Lipinski definition) is 1. The molecular formula is C19H21FN4O6S. The van der Waals surface area contributed by atoms with Gasteiger partial charge in [0.05, 0.1) is 16.4 Å². The number of halogens is 1. The molecule has 2 amide bonds. The van der Waals surface area contributed by atoms with Gasteiger partial charge >= 0.3 is 6.03 Å². The van der Waals surface area contributed by atoms with E-state index in [1.807, 2.05) is 0 Å². The molecule has 1 N–H and O–H groups in total. The number of piperazine rings is 1. The molecule has 3 rings (SSSR count). The second kappa shape index (κ2) is 9.71. The number of amides is 2. The molecular weight excluding hydrogens is 431 g/mol. The molecule has 0 atom stereocenters. The summed E-state index contributed by atoms with van der Waals surface area (Å²) < 4.78 is 44.9. The molecule has 0 aliphatic carbocycles. The maximum Gasteiger partial charge on any atom is 0.317 e. The second-order valence-electron chi connectivity index (χ2n) is 6.68. The quantitative estimate of drug-likeness (QED) is 0.389. The van der Waals surface area contributed by atoms with E-state index in [0.717, 1.165) is 6.07 Å². The van der Waals surface area contributed by atoms with Gasteiger partial charge in [0.1, 0.15) is 18.2 Å². The first-order valence-electron chi connectivity index (χ1n) is 9.43. The van der Waals surface area contributed by atoms with Crippen LogP contribution in [0.3, 0.4) is 0 Å². The summed E-state index contributed by atoms with van der Waals surface area (Å²) in [5.74, 6) is 0.114. The summed E-state index contributed by atoms with van der Waals surface area (Å²) in [6, 6.07) is 10.0. The number of nitrogens with zero attached hydrogens (tertiary/aromatic N) is 3. The van der Waals surface area contributed by atoms with Gasteiger partial charge in [0.2, 0.25) is 10.0 Å². The van der Waals surface area contributed by atoms with Crippen molar-refractivity contribution in [2.45, 2.75) is 4.90 Å². The first-order valence-corrected chi connectivity index (χ1v) is 10.9. The highest BCUT2D eigenvalue weighted by Crippen LogP contribution is 2.22. The fraction of sp³-hybridized carbons (Fsp3) is 0.316. The Morgan fingerprint density at radius 3 is 2.45 bits per heavy atom. The molecule has 166 valence electrons. The summed E-state index contributed by atoms with van der Waals surface area (Å²) >= 11 is 0. The lowest BCUT2D eigenvalue weighted by atomic mass is 10.3. The summed E-state index contributed by atoms with van der Waals surface area (Å²) in [6.45, 7) is 0.924. The Hall–Kier alpha value is -3.25. The zero-order chi connectivity index (χ0) is 22.4. The van der Waals surface area contributed by atoms with Gasteiger partial charge in [0, 0.05) is 38.3 Å². The number of non-ortho nitro benzene ring substituents is 1. The minimum Gasteiger partial charge on any atom is -0.492 e. The molecule has 1 aliphatic rings. The molecule has 0 unspecified atom stereocenters. The molecule has 1 fully saturated rings. The standard InChI is InChI=1S/C19H21FN4O6S/c20-15-4-6-17(7-5-15)30-13-8-21-19(25)22-9-11-23(12-10-22)31(28,29)18-3-1-2-16(14-18)24(26)27/h1-7,14H,8-13H2,(H,21,25). The lowest BCUT2D eigenvalue weighted by Crippen LogP contribution is -2.53. The SMILES string of the molecule is O=C(NCCOc1ccc(F)cc1)N1CCN(S(=O)(=O)c2cccc([N+](=O)[O-])c2)CC1. The van der Waals surface area contributed by atoms with E-state index in [-0.39, 0.29) is 61.8 Å². The van der Waals surface area contributed by atoms with Gasteiger partial charge < -0.3 is 15.0 Å². The van der Waals surface area contributed by atoms with Crippen LogP contribution in [-0.2, 0) is 10.0 Å². The highest BCUT2D eigenvalue weighted by atomic mass is 32.2. The van der Waals surface area contributed by atoms with E-state index in [4.69, 9.17) is 4.74 Å². The molecule has 0 spiro atoms. The van der Waals surface area contributed by atoms with Crippen LogP contribution in [0.25, 0.3) is 0 Å². The van der Waals surface area contributed by atoms with Crippen molar-refractivity contribution in [1.29, 1.82) is 0 Å². The predicted octanol–water partition coefficient (Wildman–Crippen LogP) is 1.83. The van der Waals surface area contributed by atoms with Gasteiger partial charge in [-0.1, -0.05) is 6.07 Å². The zero-order valence-corrected chi connectivity index (χ0v) is 17.3. The van der Waals surface area contributed by atoms with E-state index in [2.05, 4.69) is 5.32 Å². The van der Waals surface area contributed by atoms with Crippen LogP contribution >= 0.6 is 0 Å². The van der Waals surface area contributed by atoms with Gasteiger partial charge in [-0.3, -0.25) is 10.1 Å². The molecule has 0 radical (unpaired) electrons. The third-order valence-electron chi connectivity index (χ3n) is 4.65. The van der Waals surface area contributed by atoms with Gasteiger partial charge in [-0.2, -0.15) is 4.31 Å². The minimum atomic E-state index is -3.90. The van der Waals surface area contributed by atoms with Crippen LogP contribution in [0.4, 0.5) is 14.9 Å². The summed E-state index contributed by atoms with van der Waals surface area (Å²) in [7, 11) is -3.90. The topological polar surface area (TPSA) is 122 Å². The van der Waals surface area contributed by atoms with Crippen molar-refractivity contribution in [3.05, 3.63) is 64.5 Å². The van der Waals surface area contributed by atoms with Crippen LogP contribution in [0.2, 0.25) is 0 Å². The fourth-order valence-corrected chi connectivity index (χ4v) is 4.47. The third-order valence-corrected chi connectivity index (χ3v) is 6.55. The normalized spacial score (nSPS) is 14.8. The predicted molar refractivity (Wildman–Crippen MR) is 109 cm³/mol. The third kappa shape index (κ3) is 5.67. The zero-order valence-electron chi connectivity index (χ0n) is 16.4. The molecule has 1 heterocycles. The van der Waals surface area contributed by atoms with Crippen molar-refractivity contribution in [2.75, 3.05) is 39.3 Å². The Balaban J connectivity index is 1.47. The van der Waals surface area contributed by atoms with E-state index >= 15 is 0 Å². The Morgan fingerprint density at radius 2 is 1.81 bits per heavy atom. The Kier molecular flexibility index (Phi) is 7.02. The molecule has 2 aromatic carbocycles. The molecule has 0 bridgehead atoms. The Labute approximate surface area is 178 Å². The van der Waals surface area contributed by atoms with Crippen LogP contribution < -0.4 is 10.1 Å². The maximum absolute atomic E-state index is 12.8. The van der Waals surface area contributed by atoms with E-state index in [9.17, 15) is 27.7 Å². The average molecular weight is 452 g/mol. The summed E-state index contributed by atoms with van der Waals surface area (Å²) in [6.07, 6.45) is 0. The summed E-state index contributed by atoms with van der Waals surface area (Å²) in [4.78, 5) is 23.8. The monoisotopic (exact) mass is 452 g/mol. The minimum absolute atomic E-state index is 0.0739. The number of ether oxygens (including phenoxy) is 1. The smallest absolute Gasteiger partial charge is 0.317 e. The van der Waals surface area contributed by atoms with Crippen LogP contribution in [-0.4, -0.2) is 67.9 Å². The summed E-state index contributed by atoms with van der Waals surface area (Å²) in [5, 5.41) is 13.6. The van der Waals surface area contributed by atoms with Crippen LogP contribution in [0, 0.1) is 15.9 Å². The van der Waals surface area contributed by atoms with Crippen LogP contribution in [0.5, 0.6) is 5.75 Å². The van der Waals surface area contributed by atoms with E-state index in [1.54, 1.807) is 0 Å². The van der Waals surface area contributed by atoms with Crippen molar-refractivity contribution in [3.8, 4) is 5.75 Å². The van der Waals surface area contributed by atoms with Gasteiger partial charge in [0.25, 0.3) is 5.69 Å². The molecule has 31 heavy (non-hydrogen) atoms. The van der Waals surface area contributed by atoms with E-state index < -0.39 is 14.9 Å². The molecule has 0 saturated carbocycles. The Morgan fingerprint density at radius 1 is 1.13 bits per heavy atom. The molecule has 2 aromatic rings. The molecule has 10 nitrogen and oxygen atoms in total. The lowest BCUT2D eigenvalue weighted by Gasteiger charge is -2.33. The van der Waals surface area contributed by atoms with Crippen molar-refractivity contribution in [1.82, 2.24) is 14.5 Å². The maximum atomic E-state index is 12.8. The molecule has 12 heteroatoms. The lowest BCUT2D eigenvalue weighted by molar-refractivity contribution is -0.385. The largest absolute Gasteiger partial charge is 0.492 e. The van der Waals surface area contributed by atoms with E-state index in [1.165, 1.54) is 51.7 Å². The van der Waals surface area contributed by atoms with Crippen molar-refractivity contribution < 1.29 is 27.3 Å². The number of rotatable bonds is 7. The van der Waals surface area contributed by atoms with Gasteiger partial charge in [-0.05, 0) is 30.3 Å². The second-order valence-corrected chi connectivity index (χ2v) is 8.62.